The number of carboxylic acids is 1. The molecule has 0 spiro atoms. The number of sulfonamides is 1. The first kappa shape index (κ1) is 11.7. The van der Waals surface area contributed by atoms with Gasteiger partial charge in [0.25, 0.3) is 0 Å². The Kier molecular flexibility index (Phi) is 3.11. The van der Waals surface area contributed by atoms with E-state index in [0.29, 0.717) is 5.56 Å². The number of nitrogens with one attached hydrogen (secondary N) is 1. The van der Waals surface area contributed by atoms with Crippen LogP contribution in [0, 0.1) is 6.92 Å². The molecule has 5 nitrogen and oxygen atoms in total. The molecule has 15 heavy (non-hydrogen) atoms. The van der Waals surface area contributed by atoms with Gasteiger partial charge in [-0.15, -0.1) is 0 Å². The first-order chi connectivity index (χ1) is 6.88. The van der Waals surface area contributed by atoms with Crippen LogP contribution >= 0.6 is 0 Å². The fraction of sp³-hybridized carbons (Fsp3) is 0.222. The molecule has 0 aromatic heterocycles. The molecule has 0 saturated carbocycles. The third kappa shape index (κ3) is 2.34. The van der Waals surface area contributed by atoms with Crippen LogP contribution in [0.3, 0.4) is 0 Å². The van der Waals surface area contributed by atoms with Crippen LogP contribution in [0.25, 0.3) is 0 Å². The molecule has 0 aliphatic carbocycles. The second-order valence-corrected chi connectivity index (χ2v) is 4.85. The lowest BCUT2D eigenvalue weighted by atomic mass is 10.1. The minimum atomic E-state index is -3.60. The Balaban J connectivity index is 3.42. The summed E-state index contributed by atoms with van der Waals surface area (Å²) in [5.74, 6) is -1.15. The van der Waals surface area contributed by atoms with Crippen molar-refractivity contribution in [1.29, 1.82) is 0 Å². The van der Waals surface area contributed by atoms with Gasteiger partial charge < -0.3 is 5.11 Å². The van der Waals surface area contributed by atoms with Crippen LogP contribution in [-0.4, -0.2) is 26.5 Å². The van der Waals surface area contributed by atoms with Crippen molar-refractivity contribution >= 4 is 16.0 Å². The molecule has 6 heteroatoms. The normalized spacial score (nSPS) is 11.3. The molecule has 82 valence electrons. The molecule has 1 aromatic rings. The van der Waals surface area contributed by atoms with Gasteiger partial charge in [0.15, 0.2) is 0 Å². The highest BCUT2D eigenvalue weighted by atomic mass is 32.2. The lowest BCUT2D eigenvalue weighted by Crippen LogP contribution is -2.20. The maximum absolute atomic E-state index is 11.5. The Labute approximate surface area is 87.8 Å². The summed E-state index contributed by atoms with van der Waals surface area (Å²) in [5.41, 5.74) is 0.462. The van der Waals surface area contributed by atoms with Crippen molar-refractivity contribution in [3.05, 3.63) is 29.3 Å². The van der Waals surface area contributed by atoms with Crippen molar-refractivity contribution in [2.45, 2.75) is 11.8 Å². The summed E-state index contributed by atoms with van der Waals surface area (Å²) in [4.78, 5) is 10.7. The predicted octanol–water partition coefficient (Wildman–Crippen LogP) is 0.601. The lowest BCUT2D eigenvalue weighted by molar-refractivity contribution is 0.0696. The number of rotatable bonds is 3. The molecule has 0 fully saturated rings. The van der Waals surface area contributed by atoms with Crippen LogP contribution in [0.5, 0.6) is 0 Å². The molecule has 0 atom stereocenters. The van der Waals surface area contributed by atoms with Gasteiger partial charge in [-0.3, -0.25) is 0 Å². The molecule has 0 heterocycles. The van der Waals surface area contributed by atoms with E-state index < -0.39 is 16.0 Å². The van der Waals surface area contributed by atoms with E-state index in [4.69, 9.17) is 5.11 Å². The monoisotopic (exact) mass is 229 g/mol. The lowest BCUT2D eigenvalue weighted by Gasteiger charge is -2.06. The van der Waals surface area contributed by atoms with Crippen LogP contribution in [-0.2, 0) is 10.0 Å². The summed E-state index contributed by atoms with van der Waals surface area (Å²) in [7, 11) is -2.32. The highest BCUT2D eigenvalue weighted by molar-refractivity contribution is 7.89. The van der Waals surface area contributed by atoms with Gasteiger partial charge in [0.2, 0.25) is 10.0 Å². The Bertz CT molecular complexity index is 493. The van der Waals surface area contributed by atoms with E-state index in [-0.39, 0.29) is 10.5 Å². The molecule has 0 unspecified atom stereocenters. The standard InChI is InChI=1S/C9H11NO4S/c1-6-3-4-7(9(11)12)5-8(6)15(13,14)10-2/h3-5,10H,1-2H3,(H,11,12). The summed E-state index contributed by atoms with van der Waals surface area (Å²) >= 11 is 0. The number of hydrogen-bond donors (Lipinski definition) is 2. The summed E-state index contributed by atoms with van der Waals surface area (Å²) < 4.78 is 25.1. The molecule has 0 bridgehead atoms. The predicted molar refractivity (Wildman–Crippen MR) is 54.4 cm³/mol. The fourth-order valence-corrected chi connectivity index (χ4v) is 2.13. The minimum absolute atomic E-state index is 0.00935. The highest BCUT2D eigenvalue weighted by Gasteiger charge is 2.16. The quantitative estimate of drug-likeness (QED) is 0.795. The SMILES string of the molecule is CNS(=O)(=O)c1cc(C(=O)O)ccc1C. The minimum Gasteiger partial charge on any atom is -0.478 e. The topological polar surface area (TPSA) is 83.5 Å². The Hall–Kier alpha value is -1.40. The zero-order valence-corrected chi connectivity index (χ0v) is 9.13. The fourth-order valence-electron chi connectivity index (χ4n) is 1.13. The van der Waals surface area contributed by atoms with Crippen molar-refractivity contribution in [3.8, 4) is 0 Å². The Morgan fingerprint density at radius 3 is 2.47 bits per heavy atom. The van der Waals surface area contributed by atoms with Crippen LogP contribution in [0.15, 0.2) is 23.1 Å². The van der Waals surface area contributed by atoms with E-state index in [0.717, 1.165) is 6.07 Å². The van der Waals surface area contributed by atoms with Gasteiger partial charge >= 0.3 is 5.97 Å². The maximum Gasteiger partial charge on any atom is 0.335 e. The van der Waals surface area contributed by atoms with Gasteiger partial charge in [-0.2, -0.15) is 0 Å². The number of hydrogen-bond acceptors (Lipinski definition) is 3. The second kappa shape index (κ2) is 4.00. The third-order valence-corrected chi connectivity index (χ3v) is 3.55. The molecule has 1 rings (SSSR count). The van der Waals surface area contributed by atoms with Gasteiger partial charge in [0.05, 0.1) is 10.5 Å². The van der Waals surface area contributed by atoms with E-state index in [1.165, 1.54) is 19.2 Å². The summed E-state index contributed by atoms with van der Waals surface area (Å²) in [5, 5.41) is 8.72. The molecule has 1 aromatic carbocycles. The van der Waals surface area contributed by atoms with E-state index in [9.17, 15) is 13.2 Å². The Morgan fingerprint density at radius 2 is 2.00 bits per heavy atom. The zero-order valence-electron chi connectivity index (χ0n) is 8.31. The van der Waals surface area contributed by atoms with Gasteiger partial charge in [-0.05, 0) is 31.7 Å². The van der Waals surface area contributed by atoms with Gasteiger partial charge in [0.1, 0.15) is 0 Å². The van der Waals surface area contributed by atoms with E-state index in [2.05, 4.69) is 4.72 Å². The van der Waals surface area contributed by atoms with Crippen molar-refractivity contribution in [2.75, 3.05) is 7.05 Å². The van der Waals surface area contributed by atoms with Gasteiger partial charge in [0, 0.05) is 0 Å². The number of carboxylic acid groups (broad SMARTS) is 1. The molecule has 0 aliphatic rings. The summed E-state index contributed by atoms with van der Waals surface area (Å²) in [6.45, 7) is 1.61. The first-order valence-electron chi connectivity index (χ1n) is 4.16. The molecule has 0 aliphatic heterocycles. The molecule has 2 N–H and O–H groups in total. The van der Waals surface area contributed by atoms with Crippen LogP contribution in [0.4, 0.5) is 0 Å². The number of benzene rings is 1. The van der Waals surface area contributed by atoms with Gasteiger partial charge in [-0.25, -0.2) is 17.9 Å². The largest absolute Gasteiger partial charge is 0.478 e. The molecule has 0 amide bonds. The highest BCUT2D eigenvalue weighted by Crippen LogP contribution is 2.16. The molecular formula is C9H11NO4S. The van der Waals surface area contributed by atoms with Crippen LogP contribution in [0.1, 0.15) is 15.9 Å². The summed E-state index contributed by atoms with van der Waals surface area (Å²) in [6, 6.07) is 3.98. The second-order valence-electron chi connectivity index (χ2n) is 2.99. The maximum atomic E-state index is 11.5. The average molecular weight is 229 g/mol. The number of carbonyl (C=O) groups is 1. The smallest absolute Gasteiger partial charge is 0.335 e. The first-order valence-corrected chi connectivity index (χ1v) is 5.64. The molecular weight excluding hydrogens is 218 g/mol. The number of aryl methyl sites for hydroxylation is 1. The summed E-state index contributed by atoms with van der Waals surface area (Å²) in [6.07, 6.45) is 0. The van der Waals surface area contributed by atoms with Crippen molar-refractivity contribution < 1.29 is 18.3 Å². The average Bonchev–Trinajstić information content (AvgIpc) is 2.17. The van der Waals surface area contributed by atoms with E-state index in [1.54, 1.807) is 6.92 Å². The number of aromatic carboxylic acids is 1. The van der Waals surface area contributed by atoms with Crippen LogP contribution < -0.4 is 4.72 Å². The third-order valence-electron chi connectivity index (χ3n) is 1.99. The molecule has 0 radical (unpaired) electrons. The van der Waals surface area contributed by atoms with Crippen molar-refractivity contribution in [2.24, 2.45) is 0 Å². The van der Waals surface area contributed by atoms with Crippen molar-refractivity contribution in [1.82, 2.24) is 4.72 Å². The van der Waals surface area contributed by atoms with E-state index >= 15 is 0 Å². The molecule has 0 saturated heterocycles. The Morgan fingerprint density at radius 1 is 1.40 bits per heavy atom. The van der Waals surface area contributed by atoms with Gasteiger partial charge in [-0.1, -0.05) is 6.07 Å². The van der Waals surface area contributed by atoms with Crippen molar-refractivity contribution in [3.63, 3.8) is 0 Å². The zero-order chi connectivity index (χ0) is 11.6. The van der Waals surface area contributed by atoms with E-state index in [1.807, 2.05) is 0 Å². The van der Waals surface area contributed by atoms with Crippen LogP contribution in [0.2, 0.25) is 0 Å².